The Hall–Kier alpha value is -1.94. The fourth-order valence-corrected chi connectivity index (χ4v) is 2.34. The number of halogens is 2. The van der Waals surface area contributed by atoms with Crippen LogP contribution >= 0.6 is 0 Å². The molecule has 0 aliphatic heterocycles. The van der Waals surface area contributed by atoms with Gasteiger partial charge in [-0.25, -0.2) is 0 Å². The first-order chi connectivity index (χ1) is 10.1. The van der Waals surface area contributed by atoms with Crippen LogP contribution in [0, 0.1) is 0 Å². The largest absolute Gasteiger partial charge is 0.434 e. The Morgan fingerprint density at radius 3 is 2.14 bits per heavy atom. The van der Waals surface area contributed by atoms with E-state index in [-0.39, 0.29) is 17.8 Å². The third kappa shape index (κ3) is 4.26. The van der Waals surface area contributed by atoms with Crippen molar-refractivity contribution in [1.82, 2.24) is 5.32 Å². The number of hydrogen-bond donors (Lipinski definition) is 1. The van der Waals surface area contributed by atoms with E-state index >= 15 is 0 Å². The SMILES string of the molecule is CC(NC(C)c1ccccc1OC(F)F)c1ccccc1. The molecule has 1 N–H and O–H groups in total. The maximum Gasteiger partial charge on any atom is 0.387 e. The second kappa shape index (κ2) is 7.18. The Morgan fingerprint density at radius 2 is 1.48 bits per heavy atom. The van der Waals surface area contributed by atoms with E-state index in [0.29, 0.717) is 0 Å². The predicted molar refractivity (Wildman–Crippen MR) is 79.5 cm³/mol. The zero-order chi connectivity index (χ0) is 15.2. The van der Waals surface area contributed by atoms with Crippen molar-refractivity contribution in [2.75, 3.05) is 0 Å². The summed E-state index contributed by atoms with van der Waals surface area (Å²) in [6.45, 7) is 1.17. The summed E-state index contributed by atoms with van der Waals surface area (Å²) in [6, 6.07) is 16.9. The van der Waals surface area contributed by atoms with E-state index in [1.54, 1.807) is 18.2 Å². The van der Waals surface area contributed by atoms with Crippen molar-refractivity contribution in [2.45, 2.75) is 32.5 Å². The van der Waals surface area contributed by atoms with Gasteiger partial charge in [-0.15, -0.1) is 0 Å². The highest BCUT2D eigenvalue weighted by molar-refractivity contribution is 5.36. The molecule has 2 atom stereocenters. The van der Waals surface area contributed by atoms with Gasteiger partial charge in [0.2, 0.25) is 0 Å². The number of ether oxygens (including phenoxy) is 1. The lowest BCUT2D eigenvalue weighted by atomic mass is 10.0. The summed E-state index contributed by atoms with van der Waals surface area (Å²) < 4.78 is 29.5. The van der Waals surface area contributed by atoms with Gasteiger partial charge < -0.3 is 10.1 Å². The lowest BCUT2D eigenvalue weighted by Crippen LogP contribution is -2.23. The molecule has 0 fully saturated rings. The molecule has 4 heteroatoms. The van der Waals surface area contributed by atoms with Crippen LogP contribution in [0.4, 0.5) is 8.78 Å². The van der Waals surface area contributed by atoms with Gasteiger partial charge in [0.15, 0.2) is 0 Å². The molecule has 0 aliphatic rings. The molecule has 2 aromatic rings. The average molecular weight is 291 g/mol. The number of para-hydroxylation sites is 1. The van der Waals surface area contributed by atoms with Crippen LogP contribution in [0.15, 0.2) is 54.6 Å². The Kier molecular flexibility index (Phi) is 5.28. The molecule has 2 rings (SSSR count). The second-order valence-electron chi connectivity index (χ2n) is 4.94. The van der Waals surface area contributed by atoms with Crippen LogP contribution in [-0.4, -0.2) is 6.61 Å². The molecule has 0 heterocycles. The van der Waals surface area contributed by atoms with Gasteiger partial charge in [-0.1, -0.05) is 48.5 Å². The molecule has 0 aromatic heterocycles. The van der Waals surface area contributed by atoms with Crippen molar-refractivity contribution in [1.29, 1.82) is 0 Å². The number of alkyl halides is 2. The highest BCUT2D eigenvalue weighted by atomic mass is 19.3. The Labute approximate surface area is 123 Å². The number of nitrogens with one attached hydrogen (secondary N) is 1. The van der Waals surface area contributed by atoms with Crippen molar-refractivity contribution in [2.24, 2.45) is 0 Å². The van der Waals surface area contributed by atoms with E-state index < -0.39 is 6.61 Å². The minimum absolute atomic E-state index is 0.102. The second-order valence-corrected chi connectivity index (χ2v) is 4.94. The smallest absolute Gasteiger partial charge is 0.387 e. The van der Waals surface area contributed by atoms with Gasteiger partial charge in [0.05, 0.1) is 0 Å². The first-order valence-corrected chi connectivity index (χ1v) is 6.92. The van der Waals surface area contributed by atoms with Crippen molar-refractivity contribution in [3.05, 3.63) is 65.7 Å². The number of hydrogen-bond acceptors (Lipinski definition) is 2. The summed E-state index contributed by atoms with van der Waals surface area (Å²) in [5.41, 5.74) is 1.87. The summed E-state index contributed by atoms with van der Waals surface area (Å²) in [4.78, 5) is 0. The number of benzene rings is 2. The predicted octanol–water partition coefficient (Wildman–Crippen LogP) is 4.70. The zero-order valence-corrected chi connectivity index (χ0v) is 12.1. The zero-order valence-electron chi connectivity index (χ0n) is 12.1. The van der Waals surface area contributed by atoms with E-state index in [1.165, 1.54) is 0 Å². The van der Waals surface area contributed by atoms with E-state index in [1.807, 2.05) is 50.2 Å². The molecular formula is C17H19F2NO. The van der Waals surface area contributed by atoms with Crippen LogP contribution in [0.3, 0.4) is 0 Å². The Morgan fingerprint density at radius 1 is 0.857 bits per heavy atom. The normalized spacial score (nSPS) is 14.0. The minimum Gasteiger partial charge on any atom is -0.434 e. The highest BCUT2D eigenvalue weighted by Crippen LogP contribution is 2.28. The number of rotatable bonds is 6. The maximum absolute atomic E-state index is 12.4. The third-order valence-electron chi connectivity index (χ3n) is 3.40. The molecule has 2 unspecified atom stereocenters. The van der Waals surface area contributed by atoms with Gasteiger partial charge in [-0.2, -0.15) is 8.78 Å². The van der Waals surface area contributed by atoms with E-state index in [9.17, 15) is 8.78 Å². The molecule has 0 amide bonds. The van der Waals surface area contributed by atoms with Crippen LogP contribution < -0.4 is 10.1 Å². The van der Waals surface area contributed by atoms with Crippen LogP contribution in [0.2, 0.25) is 0 Å². The van der Waals surface area contributed by atoms with Crippen molar-refractivity contribution < 1.29 is 13.5 Å². The molecule has 0 bridgehead atoms. The van der Waals surface area contributed by atoms with Gasteiger partial charge in [0, 0.05) is 17.6 Å². The van der Waals surface area contributed by atoms with Gasteiger partial charge in [-0.05, 0) is 25.5 Å². The monoisotopic (exact) mass is 291 g/mol. The van der Waals surface area contributed by atoms with E-state index in [0.717, 1.165) is 11.1 Å². The van der Waals surface area contributed by atoms with Crippen LogP contribution in [0.1, 0.15) is 37.1 Å². The topological polar surface area (TPSA) is 21.3 Å². The van der Waals surface area contributed by atoms with Crippen molar-refractivity contribution in [3.8, 4) is 5.75 Å². The van der Waals surface area contributed by atoms with Crippen LogP contribution in [0.5, 0.6) is 5.75 Å². The molecule has 0 spiro atoms. The average Bonchev–Trinajstić information content (AvgIpc) is 2.48. The summed E-state index contributed by atoms with van der Waals surface area (Å²) in [7, 11) is 0. The summed E-state index contributed by atoms with van der Waals surface area (Å²) in [5, 5.41) is 3.40. The van der Waals surface area contributed by atoms with E-state index in [4.69, 9.17) is 0 Å². The van der Waals surface area contributed by atoms with E-state index in [2.05, 4.69) is 10.1 Å². The Balaban J connectivity index is 2.11. The highest BCUT2D eigenvalue weighted by Gasteiger charge is 2.16. The lowest BCUT2D eigenvalue weighted by molar-refractivity contribution is -0.0506. The van der Waals surface area contributed by atoms with Gasteiger partial charge in [0.1, 0.15) is 5.75 Å². The molecule has 0 saturated heterocycles. The molecule has 112 valence electrons. The molecule has 21 heavy (non-hydrogen) atoms. The van der Waals surface area contributed by atoms with Gasteiger partial charge in [-0.3, -0.25) is 0 Å². The first-order valence-electron chi connectivity index (χ1n) is 6.92. The van der Waals surface area contributed by atoms with Crippen LogP contribution in [0.25, 0.3) is 0 Å². The van der Waals surface area contributed by atoms with Crippen LogP contribution in [-0.2, 0) is 0 Å². The maximum atomic E-state index is 12.4. The molecule has 2 nitrogen and oxygen atoms in total. The Bertz CT molecular complexity index is 560. The third-order valence-corrected chi connectivity index (χ3v) is 3.40. The first kappa shape index (κ1) is 15.4. The summed E-state index contributed by atoms with van der Waals surface area (Å²) >= 11 is 0. The quantitative estimate of drug-likeness (QED) is 0.833. The van der Waals surface area contributed by atoms with Crippen molar-refractivity contribution >= 4 is 0 Å². The minimum atomic E-state index is -2.81. The molecule has 2 aromatic carbocycles. The fourth-order valence-electron chi connectivity index (χ4n) is 2.34. The fraction of sp³-hybridized carbons (Fsp3) is 0.294. The van der Waals surface area contributed by atoms with Gasteiger partial charge in [0.25, 0.3) is 0 Å². The summed E-state index contributed by atoms with van der Waals surface area (Å²) in [5.74, 6) is 0.216. The van der Waals surface area contributed by atoms with Gasteiger partial charge >= 0.3 is 6.61 Å². The lowest BCUT2D eigenvalue weighted by Gasteiger charge is -2.22. The standard InChI is InChI=1S/C17H19F2NO/c1-12(14-8-4-3-5-9-14)20-13(2)15-10-6-7-11-16(15)21-17(18)19/h3-13,17,20H,1-2H3. The molecule has 0 aliphatic carbocycles. The summed E-state index contributed by atoms with van der Waals surface area (Å²) in [6.07, 6.45) is 0. The molecule has 0 saturated carbocycles. The van der Waals surface area contributed by atoms with Crippen molar-refractivity contribution in [3.63, 3.8) is 0 Å². The molecule has 0 radical (unpaired) electrons. The molecular weight excluding hydrogens is 272 g/mol.